The number of phenolic OH excluding ortho intramolecular Hbond substituents is 1. The zero-order chi connectivity index (χ0) is 13.2. The van der Waals surface area contributed by atoms with E-state index in [0.29, 0.717) is 5.75 Å². The third kappa shape index (κ3) is 5.09. The molecule has 0 aromatic heterocycles. The topological polar surface area (TPSA) is 32.3 Å². The second-order valence-corrected chi connectivity index (χ2v) is 4.87. The highest BCUT2D eigenvalue weighted by molar-refractivity contribution is 5.40. The van der Waals surface area contributed by atoms with Gasteiger partial charge < -0.3 is 10.4 Å². The summed E-state index contributed by atoms with van der Waals surface area (Å²) in [4.78, 5) is 0. The van der Waals surface area contributed by atoms with Crippen molar-refractivity contribution >= 4 is 0 Å². The second kappa shape index (κ2) is 8.98. The molecule has 102 valence electrons. The Morgan fingerprint density at radius 2 is 1.72 bits per heavy atom. The van der Waals surface area contributed by atoms with Crippen LogP contribution in [0.3, 0.4) is 0 Å². The first-order valence-corrected chi connectivity index (χ1v) is 7.30. The van der Waals surface area contributed by atoms with Gasteiger partial charge in [-0.05, 0) is 68.8 Å². The zero-order valence-corrected chi connectivity index (χ0v) is 11.8. The number of aryl methyl sites for hydroxylation is 1. The van der Waals surface area contributed by atoms with Gasteiger partial charge in [-0.25, -0.2) is 0 Å². The zero-order valence-electron chi connectivity index (χ0n) is 11.8. The molecule has 1 aliphatic rings. The average Bonchev–Trinajstić information content (AvgIpc) is 2.41. The first kappa shape index (κ1) is 15.0. The van der Waals surface area contributed by atoms with Crippen molar-refractivity contribution < 1.29 is 5.11 Å². The molecule has 0 fully saturated rings. The minimum atomic E-state index is 0.488. The molecule has 0 bridgehead atoms. The Labute approximate surface area is 111 Å². The van der Waals surface area contributed by atoms with Crippen LogP contribution in [0.25, 0.3) is 0 Å². The van der Waals surface area contributed by atoms with E-state index in [4.69, 9.17) is 0 Å². The fraction of sp³-hybridized carbons (Fsp3) is 0.625. The summed E-state index contributed by atoms with van der Waals surface area (Å²) in [5, 5.41) is 12.7. The van der Waals surface area contributed by atoms with Crippen molar-refractivity contribution in [3.05, 3.63) is 29.3 Å². The Balaban J connectivity index is 0.000000203. The Kier molecular flexibility index (Phi) is 7.51. The maximum absolute atomic E-state index is 9.46. The lowest BCUT2D eigenvalue weighted by Crippen LogP contribution is -2.14. The molecule has 2 N–H and O–H groups in total. The summed E-state index contributed by atoms with van der Waals surface area (Å²) < 4.78 is 0. The van der Waals surface area contributed by atoms with Crippen LogP contribution in [0.5, 0.6) is 5.75 Å². The minimum Gasteiger partial charge on any atom is -0.508 e. The number of phenols is 1. The lowest BCUT2D eigenvalue weighted by molar-refractivity contribution is 0.462. The Morgan fingerprint density at radius 3 is 2.33 bits per heavy atom. The molecule has 0 saturated carbocycles. The highest BCUT2D eigenvalue weighted by Gasteiger charge is 2.11. The lowest BCUT2D eigenvalue weighted by Gasteiger charge is -2.15. The van der Waals surface area contributed by atoms with Gasteiger partial charge in [0.2, 0.25) is 0 Å². The second-order valence-electron chi connectivity index (χ2n) is 4.87. The molecule has 2 rings (SSSR count). The summed E-state index contributed by atoms with van der Waals surface area (Å²) in [5.74, 6) is 0.488. The van der Waals surface area contributed by atoms with E-state index in [2.05, 4.69) is 25.2 Å². The number of hydrogen-bond donors (Lipinski definition) is 2. The highest BCUT2D eigenvalue weighted by Crippen LogP contribution is 2.27. The van der Waals surface area contributed by atoms with Crippen molar-refractivity contribution in [1.29, 1.82) is 0 Å². The number of fused-ring (bicyclic) bond motifs is 1. The van der Waals surface area contributed by atoms with Crippen LogP contribution in [-0.2, 0) is 12.8 Å². The first-order valence-electron chi connectivity index (χ1n) is 7.30. The van der Waals surface area contributed by atoms with E-state index < -0.39 is 0 Å². The van der Waals surface area contributed by atoms with E-state index in [-0.39, 0.29) is 0 Å². The van der Waals surface area contributed by atoms with Crippen LogP contribution in [0.1, 0.15) is 50.7 Å². The van der Waals surface area contributed by atoms with Crippen molar-refractivity contribution in [3.63, 3.8) is 0 Å². The fourth-order valence-corrected chi connectivity index (χ4v) is 2.24. The molecular formula is C16H27NO. The van der Waals surface area contributed by atoms with E-state index >= 15 is 0 Å². The van der Waals surface area contributed by atoms with Crippen LogP contribution >= 0.6 is 0 Å². The van der Waals surface area contributed by atoms with Crippen LogP contribution in [0.4, 0.5) is 0 Å². The fourth-order valence-electron chi connectivity index (χ4n) is 2.24. The molecule has 0 heterocycles. The van der Waals surface area contributed by atoms with Gasteiger partial charge in [0.25, 0.3) is 0 Å². The smallest absolute Gasteiger partial charge is 0.119 e. The minimum absolute atomic E-state index is 0.488. The number of hydrogen-bond acceptors (Lipinski definition) is 2. The van der Waals surface area contributed by atoms with Crippen LogP contribution in [0, 0.1) is 0 Å². The van der Waals surface area contributed by atoms with Crippen LogP contribution in [0.15, 0.2) is 18.2 Å². The number of benzene rings is 1. The quantitative estimate of drug-likeness (QED) is 0.798. The third-order valence-electron chi connectivity index (χ3n) is 3.22. The molecule has 2 heteroatoms. The van der Waals surface area contributed by atoms with Gasteiger partial charge in [-0.1, -0.05) is 26.0 Å². The summed E-state index contributed by atoms with van der Waals surface area (Å²) in [5.41, 5.74) is 2.52. The third-order valence-corrected chi connectivity index (χ3v) is 3.22. The molecule has 18 heavy (non-hydrogen) atoms. The van der Waals surface area contributed by atoms with E-state index in [0.717, 1.165) is 12.8 Å². The maximum Gasteiger partial charge on any atom is 0.119 e. The number of nitrogens with one attached hydrogen (secondary N) is 1. The predicted octanol–water partition coefficient (Wildman–Crippen LogP) is 3.67. The SMILES string of the molecule is CCCNCCC.Oc1cccc2c1CCCC2. The normalized spacial score (nSPS) is 13.4. The molecular weight excluding hydrogens is 222 g/mol. The standard InChI is InChI=1S/C10H12O.C6H15N/c11-10-7-3-5-8-4-1-2-6-9(8)10;1-3-5-7-6-4-2/h3,5,7,11H,1-2,4,6H2;7H,3-6H2,1-2H3. The molecule has 0 atom stereocenters. The summed E-state index contributed by atoms with van der Waals surface area (Å²) >= 11 is 0. The number of rotatable bonds is 4. The van der Waals surface area contributed by atoms with Crippen molar-refractivity contribution in [1.82, 2.24) is 5.32 Å². The molecule has 1 aromatic rings. The van der Waals surface area contributed by atoms with Gasteiger partial charge in [0.15, 0.2) is 0 Å². The van der Waals surface area contributed by atoms with Crippen molar-refractivity contribution in [2.45, 2.75) is 52.4 Å². The van der Waals surface area contributed by atoms with Gasteiger partial charge in [0.1, 0.15) is 5.75 Å². The van der Waals surface area contributed by atoms with Gasteiger partial charge in [-0.15, -0.1) is 0 Å². The molecule has 0 unspecified atom stereocenters. The van der Waals surface area contributed by atoms with Gasteiger partial charge in [-0.2, -0.15) is 0 Å². The predicted molar refractivity (Wildman–Crippen MR) is 78.2 cm³/mol. The van der Waals surface area contributed by atoms with E-state index in [1.54, 1.807) is 6.07 Å². The lowest BCUT2D eigenvalue weighted by atomic mass is 9.91. The van der Waals surface area contributed by atoms with Gasteiger partial charge in [-0.3, -0.25) is 0 Å². The van der Waals surface area contributed by atoms with E-state index in [9.17, 15) is 5.11 Å². The van der Waals surface area contributed by atoms with E-state index in [1.165, 1.54) is 49.9 Å². The summed E-state index contributed by atoms with van der Waals surface area (Å²) in [6.45, 7) is 6.72. The van der Waals surface area contributed by atoms with Crippen molar-refractivity contribution in [2.75, 3.05) is 13.1 Å². The molecule has 0 spiro atoms. The molecule has 1 aromatic carbocycles. The van der Waals surface area contributed by atoms with Crippen molar-refractivity contribution in [3.8, 4) is 5.75 Å². The van der Waals surface area contributed by atoms with Crippen molar-refractivity contribution in [2.24, 2.45) is 0 Å². The molecule has 2 nitrogen and oxygen atoms in total. The molecule has 0 saturated heterocycles. The molecule has 0 amide bonds. The number of aromatic hydroxyl groups is 1. The monoisotopic (exact) mass is 249 g/mol. The summed E-state index contributed by atoms with van der Waals surface area (Å²) in [6, 6.07) is 5.83. The largest absolute Gasteiger partial charge is 0.508 e. The molecule has 0 aliphatic heterocycles. The molecule has 1 aliphatic carbocycles. The van der Waals surface area contributed by atoms with Gasteiger partial charge in [0, 0.05) is 0 Å². The summed E-state index contributed by atoms with van der Waals surface area (Å²) in [6.07, 6.45) is 7.20. The highest BCUT2D eigenvalue weighted by atomic mass is 16.3. The Hall–Kier alpha value is -1.02. The average molecular weight is 249 g/mol. The van der Waals surface area contributed by atoms with Gasteiger partial charge in [0.05, 0.1) is 0 Å². The van der Waals surface area contributed by atoms with E-state index in [1.807, 2.05) is 6.07 Å². The Bertz CT molecular complexity index is 332. The first-order chi connectivity index (χ1) is 8.79. The van der Waals surface area contributed by atoms with Crippen LogP contribution in [-0.4, -0.2) is 18.2 Å². The van der Waals surface area contributed by atoms with Gasteiger partial charge >= 0.3 is 0 Å². The van der Waals surface area contributed by atoms with Crippen LogP contribution < -0.4 is 5.32 Å². The van der Waals surface area contributed by atoms with Crippen LogP contribution in [0.2, 0.25) is 0 Å². The summed E-state index contributed by atoms with van der Waals surface area (Å²) in [7, 11) is 0. The Morgan fingerprint density at radius 1 is 1.06 bits per heavy atom. The molecule has 0 radical (unpaired) electrons. The maximum atomic E-state index is 9.46.